The summed E-state index contributed by atoms with van der Waals surface area (Å²) in [6, 6.07) is 4.89. The fourth-order valence-corrected chi connectivity index (χ4v) is 2.14. The molecule has 0 unspecified atom stereocenters. The quantitative estimate of drug-likeness (QED) is 0.657. The second-order valence-electron chi connectivity index (χ2n) is 5.04. The summed E-state index contributed by atoms with van der Waals surface area (Å²) in [7, 11) is 0. The summed E-state index contributed by atoms with van der Waals surface area (Å²) in [6.07, 6.45) is 3.60. The van der Waals surface area contributed by atoms with Gasteiger partial charge in [0, 0.05) is 30.6 Å². The molecule has 1 aromatic carbocycles. The van der Waals surface area contributed by atoms with Gasteiger partial charge in [0.2, 0.25) is 0 Å². The van der Waals surface area contributed by atoms with Gasteiger partial charge in [-0.05, 0) is 11.6 Å². The topological polar surface area (TPSA) is 73.0 Å². The van der Waals surface area contributed by atoms with Gasteiger partial charge in [-0.1, -0.05) is 25.4 Å². The van der Waals surface area contributed by atoms with Crippen LogP contribution in [0.25, 0.3) is 0 Å². The highest BCUT2D eigenvalue weighted by Crippen LogP contribution is 2.23. The van der Waals surface area contributed by atoms with Crippen molar-refractivity contribution in [1.29, 1.82) is 0 Å². The Morgan fingerprint density at radius 1 is 1.48 bits per heavy atom. The zero-order valence-corrected chi connectivity index (χ0v) is 12.7. The molecule has 1 heterocycles. The van der Waals surface area contributed by atoms with E-state index in [1.165, 1.54) is 12.1 Å². The van der Waals surface area contributed by atoms with E-state index in [4.69, 9.17) is 11.6 Å². The lowest BCUT2D eigenvalue weighted by Gasteiger charge is -2.11. The van der Waals surface area contributed by atoms with E-state index in [9.17, 15) is 10.1 Å². The van der Waals surface area contributed by atoms with E-state index in [1.54, 1.807) is 12.3 Å². The van der Waals surface area contributed by atoms with Crippen LogP contribution in [-0.4, -0.2) is 20.5 Å². The molecule has 2 rings (SSSR count). The number of non-ortho nitro benzene ring substituents is 1. The normalized spacial score (nSPS) is 11.0. The molecule has 21 heavy (non-hydrogen) atoms. The third-order valence-corrected chi connectivity index (χ3v) is 3.41. The number of benzene rings is 1. The second kappa shape index (κ2) is 6.69. The fourth-order valence-electron chi connectivity index (χ4n) is 1.91. The van der Waals surface area contributed by atoms with Crippen LogP contribution in [0.4, 0.5) is 5.69 Å². The standard InChI is InChI=1S/C14H17ClN4O2/c1-10(2)17-8-14-16-5-6-18(14)9-11-3-4-12(19(20)21)7-13(11)15/h3-7,10,17H,8-9H2,1-2H3. The molecule has 112 valence electrons. The van der Waals surface area contributed by atoms with E-state index in [0.29, 0.717) is 24.2 Å². The summed E-state index contributed by atoms with van der Waals surface area (Å²) in [4.78, 5) is 14.6. The zero-order chi connectivity index (χ0) is 15.4. The highest BCUT2D eigenvalue weighted by molar-refractivity contribution is 6.31. The van der Waals surface area contributed by atoms with Crippen LogP contribution in [0.15, 0.2) is 30.6 Å². The van der Waals surface area contributed by atoms with Crippen molar-refractivity contribution in [3.05, 3.63) is 57.1 Å². The Morgan fingerprint density at radius 3 is 2.86 bits per heavy atom. The molecule has 0 aliphatic carbocycles. The first-order valence-electron chi connectivity index (χ1n) is 6.63. The van der Waals surface area contributed by atoms with Crippen LogP contribution in [0.2, 0.25) is 5.02 Å². The number of nitro benzene ring substituents is 1. The monoisotopic (exact) mass is 308 g/mol. The lowest BCUT2D eigenvalue weighted by molar-refractivity contribution is -0.384. The number of halogens is 1. The molecule has 0 aliphatic rings. The Hall–Kier alpha value is -1.92. The molecule has 0 aliphatic heterocycles. The first-order valence-corrected chi connectivity index (χ1v) is 7.01. The number of nitro groups is 1. The summed E-state index contributed by atoms with van der Waals surface area (Å²) in [6.45, 7) is 5.34. The Labute approximate surface area is 127 Å². The summed E-state index contributed by atoms with van der Waals surface area (Å²) in [5.74, 6) is 0.901. The molecule has 1 N–H and O–H groups in total. The molecule has 1 aromatic heterocycles. The number of rotatable bonds is 6. The molecule has 0 amide bonds. The maximum atomic E-state index is 10.7. The summed E-state index contributed by atoms with van der Waals surface area (Å²) in [5.41, 5.74) is 0.821. The minimum Gasteiger partial charge on any atom is -0.329 e. The van der Waals surface area contributed by atoms with E-state index >= 15 is 0 Å². The van der Waals surface area contributed by atoms with Crippen LogP contribution in [0.1, 0.15) is 25.2 Å². The average molecular weight is 309 g/mol. The lowest BCUT2D eigenvalue weighted by Crippen LogP contribution is -2.24. The predicted molar refractivity (Wildman–Crippen MR) is 81.4 cm³/mol. The number of hydrogen-bond acceptors (Lipinski definition) is 4. The van der Waals surface area contributed by atoms with Gasteiger partial charge in [-0.2, -0.15) is 0 Å². The molecular formula is C14H17ClN4O2. The third kappa shape index (κ3) is 4.03. The van der Waals surface area contributed by atoms with Gasteiger partial charge in [-0.15, -0.1) is 0 Å². The van der Waals surface area contributed by atoms with Crippen molar-refractivity contribution in [2.45, 2.75) is 33.0 Å². The first kappa shape index (κ1) is 15.5. The minimum absolute atomic E-state index is 0.00363. The van der Waals surface area contributed by atoms with Gasteiger partial charge in [0.05, 0.1) is 23.0 Å². The average Bonchev–Trinajstić information content (AvgIpc) is 2.85. The van der Waals surface area contributed by atoms with Crippen LogP contribution >= 0.6 is 11.6 Å². The van der Waals surface area contributed by atoms with Crippen molar-refractivity contribution in [2.75, 3.05) is 0 Å². The van der Waals surface area contributed by atoms with Crippen molar-refractivity contribution in [1.82, 2.24) is 14.9 Å². The molecule has 0 saturated heterocycles. The Balaban J connectivity index is 2.15. The molecule has 0 fully saturated rings. The maximum Gasteiger partial charge on any atom is 0.270 e. The number of imidazole rings is 1. The van der Waals surface area contributed by atoms with Crippen LogP contribution in [-0.2, 0) is 13.1 Å². The van der Waals surface area contributed by atoms with E-state index in [2.05, 4.69) is 24.1 Å². The fraction of sp³-hybridized carbons (Fsp3) is 0.357. The molecule has 7 heteroatoms. The Kier molecular flexibility index (Phi) is 4.93. The molecular weight excluding hydrogens is 292 g/mol. The zero-order valence-electron chi connectivity index (χ0n) is 11.9. The van der Waals surface area contributed by atoms with Crippen molar-refractivity contribution >= 4 is 17.3 Å². The summed E-state index contributed by atoms with van der Waals surface area (Å²) in [5, 5.41) is 14.4. The van der Waals surface area contributed by atoms with Crippen molar-refractivity contribution in [3.8, 4) is 0 Å². The first-order chi connectivity index (χ1) is 9.97. The van der Waals surface area contributed by atoms with E-state index in [0.717, 1.165) is 11.4 Å². The molecule has 2 aromatic rings. The largest absolute Gasteiger partial charge is 0.329 e. The van der Waals surface area contributed by atoms with E-state index in [-0.39, 0.29) is 5.69 Å². The van der Waals surface area contributed by atoms with Gasteiger partial charge in [0.25, 0.3) is 5.69 Å². The molecule has 6 nitrogen and oxygen atoms in total. The van der Waals surface area contributed by atoms with Crippen molar-refractivity contribution < 1.29 is 4.92 Å². The molecule has 0 radical (unpaired) electrons. The van der Waals surface area contributed by atoms with Gasteiger partial charge in [0.1, 0.15) is 5.82 Å². The molecule has 0 saturated carbocycles. The third-order valence-electron chi connectivity index (χ3n) is 3.06. The summed E-state index contributed by atoms with van der Waals surface area (Å²) >= 11 is 6.12. The van der Waals surface area contributed by atoms with E-state index < -0.39 is 4.92 Å². The molecule has 0 spiro atoms. The van der Waals surface area contributed by atoms with Gasteiger partial charge >= 0.3 is 0 Å². The highest BCUT2D eigenvalue weighted by atomic mass is 35.5. The highest BCUT2D eigenvalue weighted by Gasteiger charge is 2.11. The Bertz CT molecular complexity index is 640. The number of nitrogens with one attached hydrogen (secondary N) is 1. The molecule has 0 atom stereocenters. The Morgan fingerprint density at radius 2 is 2.24 bits per heavy atom. The number of aromatic nitrogens is 2. The minimum atomic E-state index is -0.454. The maximum absolute atomic E-state index is 10.7. The number of nitrogens with zero attached hydrogens (tertiary/aromatic N) is 3. The van der Waals surface area contributed by atoms with Gasteiger partial charge < -0.3 is 9.88 Å². The van der Waals surface area contributed by atoms with Crippen LogP contribution in [0, 0.1) is 10.1 Å². The second-order valence-corrected chi connectivity index (χ2v) is 5.45. The van der Waals surface area contributed by atoms with Crippen LogP contribution in [0.3, 0.4) is 0 Å². The van der Waals surface area contributed by atoms with Crippen LogP contribution in [0.5, 0.6) is 0 Å². The smallest absolute Gasteiger partial charge is 0.270 e. The lowest BCUT2D eigenvalue weighted by atomic mass is 10.2. The van der Waals surface area contributed by atoms with Gasteiger partial charge in [-0.3, -0.25) is 10.1 Å². The molecule has 0 bridgehead atoms. The number of hydrogen-bond donors (Lipinski definition) is 1. The summed E-state index contributed by atoms with van der Waals surface area (Å²) < 4.78 is 1.97. The SMILES string of the molecule is CC(C)NCc1nccn1Cc1ccc([N+](=O)[O-])cc1Cl. The van der Waals surface area contributed by atoms with Gasteiger partial charge in [-0.25, -0.2) is 4.98 Å². The van der Waals surface area contributed by atoms with Crippen molar-refractivity contribution in [3.63, 3.8) is 0 Å². The van der Waals surface area contributed by atoms with Crippen molar-refractivity contribution in [2.24, 2.45) is 0 Å². The predicted octanol–water partition coefficient (Wildman–Crippen LogP) is 2.99. The van der Waals surface area contributed by atoms with Crippen LogP contribution < -0.4 is 5.32 Å². The van der Waals surface area contributed by atoms with Gasteiger partial charge in [0.15, 0.2) is 0 Å². The van der Waals surface area contributed by atoms with E-state index in [1.807, 2.05) is 10.8 Å².